The summed E-state index contributed by atoms with van der Waals surface area (Å²) in [5.41, 5.74) is -1.75. The molecule has 2 aromatic rings. The summed E-state index contributed by atoms with van der Waals surface area (Å²) < 4.78 is 81.0. The zero-order chi connectivity index (χ0) is 33.7. The highest BCUT2D eigenvalue weighted by molar-refractivity contribution is 7.92. The van der Waals surface area contributed by atoms with Crippen molar-refractivity contribution in [3.63, 3.8) is 0 Å². The molecule has 2 saturated heterocycles. The molecular weight excluding hydrogens is 632 g/mol. The SMILES string of the molecule is Cc1cc(C(=O)N2CCC(O)(CO)CC2)cc(C)c1C=CS(=O)(=O)N1CCC2(CC1)N=C(c1ccc(F)c(C(F)(F)F)c1)NC2=O. The second-order valence-corrected chi connectivity index (χ2v) is 13.9. The molecule has 2 fully saturated rings. The van der Waals surface area contributed by atoms with Gasteiger partial charge >= 0.3 is 6.18 Å². The minimum Gasteiger partial charge on any atom is -0.393 e. The van der Waals surface area contributed by atoms with E-state index < -0.39 is 44.6 Å². The molecule has 0 radical (unpaired) electrons. The molecule has 0 unspecified atom stereocenters. The lowest BCUT2D eigenvalue weighted by Gasteiger charge is -2.37. The molecule has 248 valence electrons. The lowest BCUT2D eigenvalue weighted by Crippen LogP contribution is -2.50. The predicted octanol–water partition coefficient (Wildman–Crippen LogP) is 3.13. The molecule has 1 spiro atoms. The Balaban J connectivity index is 1.26. The highest BCUT2D eigenvalue weighted by Gasteiger charge is 2.47. The fourth-order valence-corrected chi connectivity index (χ4v) is 7.23. The number of carbonyl (C=O) groups is 2. The van der Waals surface area contributed by atoms with Gasteiger partial charge in [0.25, 0.3) is 11.8 Å². The number of amides is 2. The number of alkyl halides is 3. The number of piperidine rings is 2. The molecule has 2 aromatic carbocycles. The summed E-state index contributed by atoms with van der Waals surface area (Å²) in [7, 11) is -3.94. The summed E-state index contributed by atoms with van der Waals surface area (Å²) in [6, 6.07) is 5.67. The van der Waals surface area contributed by atoms with Crippen LogP contribution >= 0.6 is 0 Å². The number of aliphatic hydroxyl groups is 2. The highest BCUT2D eigenvalue weighted by atomic mass is 32.2. The van der Waals surface area contributed by atoms with Crippen LogP contribution in [-0.2, 0) is 21.0 Å². The van der Waals surface area contributed by atoms with Crippen molar-refractivity contribution in [3.05, 3.63) is 74.9 Å². The number of aliphatic imine (C=N–C) groups is 1. The average molecular weight is 667 g/mol. The smallest absolute Gasteiger partial charge is 0.393 e. The van der Waals surface area contributed by atoms with Crippen molar-refractivity contribution in [3.8, 4) is 0 Å². The molecule has 46 heavy (non-hydrogen) atoms. The van der Waals surface area contributed by atoms with E-state index in [2.05, 4.69) is 10.3 Å². The van der Waals surface area contributed by atoms with Crippen molar-refractivity contribution in [2.24, 2.45) is 4.99 Å². The van der Waals surface area contributed by atoms with Crippen LogP contribution in [0.1, 0.15) is 63.9 Å². The van der Waals surface area contributed by atoms with E-state index in [9.17, 15) is 45.8 Å². The predicted molar refractivity (Wildman–Crippen MR) is 161 cm³/mol. The molecule has 3 aliphatic heterocycles. The first-order valence-corrected chi connectivity index (χ1v) is 16.2. The van der Waals surface area contributed by atoms with Gasteiger partial charge < -0.3 is 20.4 Å². The Morgan fingerprint density at radius 1 is 1.04 bits per heavy atom. The Morgan fingerprint density at radius 2 is 1.65 bits per heavy atom. The van der Waals surface area contributed by atoms with E-state index in [1.807, 2.05) is 0 Å². The number of rotatable bonds is 6. The molecule has 10 nitrogen and oxygen atoms in total. The molecule has 0 bridgehead atoms. The Hall–Kier alpha value is -3.66. The molecule has 0 aliphatic carbocycles. The molecule has 2 amide bonds. The van der Waals surface area contributed by atoms with E-state index >= 15 is 0 Å². The van der Waals surface area contributed by atoms with Gasteiger partial charge in [-0.05, 0) is 92.6 Å². The van der Waals surface area contributed by atoms with Gasteiger partial charge in [-0.3, -0.25) is 14.6 Å². The third-order valence-corrected chi connectivity index (χ3v) is 10.5. The summed E-state index contributed by atoms with van der Waals surface area (Å²) in [6.45, 7) is 3.60. The normalized spacial score (nSPS) is 20.3. The Kier molecular flexibility index (Phi) is 8.92. The molecule has 0 saturated carbocycles. The molecule has 3 N–H and O–H groups in total. The fourth-order valence-electron chi connectivity index (χ4n) is 6.06. The van der Waals surface area contributed by atoms with Crippen LogP contribution in [0.25, 0.3) is 6.08 Å². The van der Waals surface area contributed by atoms with Crippen LogP contribution in [0.2, 0.25) is 0 Å². The molecule has 15 heteroatoms. The maximum absolute atomic E-state index is 13.8. The standard InChI is InChI=1S/C31H34F4N4O6S/c1-19-15-22(27(41)38-10-6-29(43,18-40)7-11-38)16-20(2)23(19)5-14-46(44,45)39-12-8-30(9-13-39)28(42)36-26(37-30)21-3-4-25(32)24(17-21)31(33,34)35/h3-5,14-17,40,43H,6-13,18H2,1-2H3,(H,36,37,42). The lowest BCUT2D eigenvalue weighted by atomic mass is 9.89. The molecule has 0 atom stereocenters. The molecule has 0 aromatic heterocycles. The summed E-state index contributed by atoms with van der Waals surface area (Å²) in [4.78, 5) is 32.0. The number of benzene rings is 2. The number of hydrogen-bond acceptors (Lipinski definition) is 7. The van der Waals surface area contributed by atoms with Crippen molar-refractivity contribution >= 4 is 33.7 Å². The molecular formula is C31H34F4N4O6S. The topological polar surface area (TPSA) is 140 Å². The number of nitrogens with one attached hydrogen (secondary N) is 1. The van der Waals surface area contributed by atoms with Gasteiger partial charge in [0.1, 0.15) is 17.2 Å². The quantitative estimate of drug-likeness (QED) is 0.405. The summed E-state index contributed by atoms with van der Waals surface area (Å²) in [5, 5.41) is 23.1. The molecule has 3 aliphatic rings. The zero-order valence-electron chi connectivity index (χ0n) is 25.2. The number of aliphatic hydroxyl groups excluding tert-OH is 1. The Labute approximate surface area is 263 Å². The number of sulfonamides is 1. The average Bonchev–Trinajstić information content (AvgIpc) is 3.31. The summed E-state index contributed by atoms with van der Waals surface area (Å²) >= 11 is 0. The number of halogens is 4. The van der Waals surface area contributed by atoms with Gasteiger partial charge in [0.2, 0.25) is 10.0 Å². The largest absolute Gasteiger partial charge is 0.419 e. The Morgan fingerprint density at radius 3 is 2.22 bits per heavy atom. The maximum Gasteiger partial charge on any atom is 0.419 e. The van der Waals surface area contributed by atoms with Gasteiger partial charge in [-0.1, -0.05) is 0 Å². The van der Waals surface area contributed by atoms with Crippen LogP contribution in [0.4, 0.5) is 17.6 Å². The van der Waals surface area contributed by atoms with Crippen molar-refractivity contribution in [1.82, 2.24) is 14.5 Å². The number of aryl methyl sites for hydroxylation is 2. The van der Waals surface area contributed by atoms with Gasteiger partial charge in [-0.2, -0.15) is 17.5 Å². The van der Waals surface area contributed by atoms with Crippen LogP contribution in [-0.4, -0.2) is 89.4 Å². The lowest BCUT2D eigenvalue weighted by molar-refractivity contribution is -0.140. The second kappa shape index (κ2) is 12.2. The van der Waals surface area contributed by atoms with E-state index in [1.54, 1.807) is 30.9 Å². The van der Waals surface area contributed by atoms with Gasteiger partial charge in [0.15, 0.2) is 0 Å². The van der Waals surface area contributed by atoms with Gasteiger partial charge in [0, 0.05) is 42.7 Å². The third-order valence-electron chi connectivity index (χ3n) is 8.96. The maximum atomic E-state index is 13.8. The zero-order valence-corrected chi connectivity index (χ0v) is 26.0. The van der Waals surface area contributed by atoms with E-state index in [0.29, 0.717) is 47.5 Å². The minimum atomic E-state index is -4.94. The van der Waals surface area contributed by atoms with Crippen molar-refractivity contribution < 1.29 is 45.8 Å². The van der Waals surface area contributed by atoms with Crippen molar-refractivity contribution in [1.29, 1.82) is 0 Å². The second-order valence-electron chi connectivity index (χ2n) is 12.1. The van der Waals surface area contributed by atoms with Crippen LogP contribution < -0.4 is 5.32 Å². The molecule has 5 rings (SSSR count). The van der Waals surface area contributed by atoms with E-state index in [1.165, 1.54) is 10.4 Å². The van der Waals surface area contributed by atoms with Gasteiger partial charge in [0.05, 0.1) is 17.8 Å². The van der Waals surface area contributed by atoms with E-state index in [4.69, 9.17) is 0 Å². The number of carbonyl (C=O) groups excluding carboxylic acids is 2. The first-order valence-electron chi connectivity index (χ1n) is 14.7. The van der Waals surface area contributed by atoms with Crippen LogP contribution in [0, 0.1) is 19.7 Å². The monoisotopic (exact) mass is 666 g/mol. The minimum absolute atomic E-state index is 0.0101. The highest BCUT2D eigenvalue weighted by Crippen LogP contribution is 2.35. The first-order chi connectivity index (χ1) is 21.5. The van der Waals surface area contributed by atoms with Crippen LogP contribution in [0.15, 0.2) is 40.7 Å². The van der Waals surface area contributed by atoms with E-state index in [0.717, 1.165) is 11.5 Å². The van der Waals surface area contributed by atoms with Crippen molar-refractivity contribution in [2.45, 2.75) is 56.8 Å². The van der Waals surface area contributed by atoms with Crippen LogP contribution in [0.5, 0.6) is 0 Å². The first kappa shape index (κ1) is 33.7. The summed E-state index contributed by atoms with van der Waals surface area (Å²) in [6.07, 6.45) is -2.98. The fraction of sp³-hybridized carbons (Fsp3) is 0.452. The van der Waals surface area contributed by atoms with Gasteiger partial charge in [-0.15, -0.1) is 0 Å². The van der Waals surface area contributed by atoms with E-state index in [-0.39, 0.29) is 62.7 Å². The Bertz CT molecular complexity index is 1700. The number of nitrogens with zero attached hydrogens (tertiary/aromatic N) is 3. The number of hydrogen-bond donors (Lipinski definition) is 3. The molecule has 3 heterocycles. The summed E-state index contributed by atoms with van der Waals surface area (Å²) in [5.74, 6) is -2.37. The number of likely N-dealkylation sites (tertiary alicyclic amines) is 1. The van der Waals surface area contributed by atoms with Crippen molar-refractivity contribution in [2.75, 3.05) is 32.8 Å². The van der Waals surface area contributed by atoms with Crippen LogP contribution in [0.3, 0.4) is 0 Å². The number of amidine groups is 1. The van der Waals surface area contributed by atoms with Gasteiger partial charge in [-0.25, -0.2) is 12.8 Å². The third kappa shape index (κ3) is 6.59.